The van der Waals surface area contributed by atoms with Crippen molar-refractivity contribution in [1.82, 2.24) is 19.7 Å². The molecule has 3 aromatic heterocycles. The first-order chi connectivity index (χ1) is 14.1. The summed E-state index contributed by atoms with van der Waals surface area (Å²) in [6, 6.07) is 3.56. The van der Waals surface area contributed by atoms with Gasteiger partial charge in [0.25, 0.3) is 0 Å². The number of nitrogens with zero attached hydrogens (tertiary/aromatic N) is 4. The van der Waals surface area contributed by atoms with Crippen LogP contribution in [0.5, 0.6) is 0 Å². The number of rotatable bonds is 4. The van der Waals surface area contributed by atoms with E-state index in [2.05, 4.69) is 41.1 Å². The zero-order chi connectivity index (χ0) is 20.4. The minimum atomic E-state index is -0.588. The van der Waals surface area contributed by atoms with Crippen LogP contribution in [-0.4, -0.2) is 39.6 Å². The van der Waals surface area contributed by atoms with Crippen LogP contribution in [0.4, 0.5) is 16.3 Å². The summed E-state index contributed by atoms with van der Waals surface area (Å²) in [5.74, 6) is 0.952. The van der Waals surface area contributed by atoms with Crippen molar-refractivity contribution in [2.45, 2.75) is 25.5 Å². The predicted molar refractivity (Wildman–Crippen MR) is 114 cm³/mol. The molecule has 4 heterocycles. The molecule has 0 spiro atoms. The normalized spacial score (nSPS) is 16.6. The molecule has 1 aliphatic heterocycles. The number of nitrogens with one attached hydrogen (secondary N) is 1. The lowest BCUT2D eigenvalue weighted by Crippen LogP contribution is -2.18. The number of amides is 1. The molecule has 1 unspecified atom stereocenters. The smallest absolute Gasteiger partial charge is 0.412 e. The summed E-state index contributed by atoms with van der Waals surface area (Å²) in [7, 11) is 1.30. The summed E-state index contributed by atoms with van der Waals surface area (Å²) in [4.78, 5) is 21.7. The number of nitrogen functional groups attached to an aromatic ring is 1. The maximum atomic E-state index is 11.4. The molecule has 0 saturated carbocycles. The highest BCUT2D eigenvalue weighted by molar-refractivity contribution is 9.10. The quantitative estimate of drug-likeness (QED) is 0.573. The maximum absolute atomic E-state index is 11.4. The van der Waals surface area contributed by atoms with E-state index in [0.29, 0.717) is 17.3 Å². The first-order valence-electron chi connectivity index (χ1n) is 8.99. The molecule has 1 fully saturated rings. The number of carbonyl (C=O) groups excluding carboxylic acids is 1. The van der Waals surface area contributed by atoms with E-state index in [0.717, 1.165) is 45.7 Å². The third-order valence-electron chi connectivity index (χ3n) is 4.48. The van der Waals surface area contributed by atoms with Crippen LogP contribution in [0.2, 0.25) is 0 Å². The van der Waals surface area contributed by atoms with Crippen molar-refractivity contribution in [3.8, 4) is 21.1 Å². The van der Waals surface area contributed by atoms with E-state index in [-0.39, 0.29) is 6.23 Å². The van der Waals surface area contributed by atoms with E-state index in [9.17, 15) is 4.79 Å². The second-order valence-electron chi connectivity index (χ2n) is 6.40. The summed E-state index contributed by atoms with van der Waals surface area (Å²) >= 11 is 5.03. The Balaban J connectivity index is 1.64. The number of hydrogen-bond donors (Lipinski definition) is 2. The topological polar surface area (TPSA) is 117 Å². The van der Waals surface area contributed by atoms with Gasteiger partial charge in [0.1, 0.15) is 12.1 Å². The highest BCUT2D eigenvalue weighted by Crippen LogP contribution is 2.46. The van der Waals surface area contributed by atoms with Gasteiger partial charge in [0, 0.05) is 12.8 Å². The number of hydrogen-bond acceptors (Lipinski definition) is 8. The molecule has 152 valence electrons. The van der Waals surface area contributed by atoms with Gasteiger partial charge in [-0.2, -0.15) is 0 Å². The molecule has 9 nitrogen and oxygen atoms in total. The van der Waals surface area contributed by atoms with Gasteiger partial charge < -0.3 is 15.2 Å². The lowest BCUT2D eigenvalue weighted by molar-refractivity contribution is -0.0395. The fourth-order valence-corrected chi connectivity index (χ4v) is 4.82. The van der Waals surface area contributed by atoms with Crippen LogP contribution < -0.4 is 11.1 Å². The number of nitrogens with two attached hydrogens (primary N) is 1. The minimum Gasteiger partial charge on any atom is -0.453 e. The van der Waals surface area contributed by atoms with Gasteiger partial charge in [-0.25, -0.2) is 19.4 Å². The summed E-state index contributed by atoms with van der Waals surface area (Å²) in [6.45, 7) is 0.740. The maximum Gasteiger partial charge on any atom is 0.412 e. The molecule has 1 aliphatic rings. The van der Waals surface area contributed by atoms with Gasteiger partial charge in [-0.05, 0) is 52.9 Å². The van der Waals surface area contributed by atoms with E-state index in [4.69, 9.17) is 10.5 Å². The van der Waals surface area contributed by atoms with Gasteiger partial charge in [0.05, 0.1) is 27.0 Å². The number of aromatic nitrogens is 4. The standard InChI is InChI=1S/C18H19BrN6O3S/c1-27-18(26)23-11-8-10(5-6-21-11)15-14(20)13(19)16(29-15)17-22-9-25(24-17)12-4-2-3-7-28-12/h5-6,8-9,12H,2-4,7,20H2,1H3,(H,21,23,26). The molecule has 11 heteroatoms. The molecule has 0 radical (unpaired) electrons. The molecular weight excluding hydrogens is 460 g/mol. The Morgan fingerprint density at radius 2 is 2.28 bits per heavy atom. The van der Waals surface area contributed by atoms with E-state index in [1.165, 1.54) is 18.4 Å². The van der Waals surface area contributed by atoms with Gasteiger partial charge in [-0.15, -0.1) is 16.4 Å². The fourth-order valence-electron chi connectivity index (χ4n) is 3.03. The average Bonchev–Trinajstić information content (AvgIpc) is 3.34. The monoisotopic (exact) mass is 478 g/mol. The Morgan fingerprint density at radius 3 is 3.03 bits per heavy atom. The zero-order valence-electron chi connectivity index (χ0n) is 15.6. The van der Waals surface area contributed by atoms with Crippen molar-refractivity contribution in [2.75, 3.05) is 24.8 Å². The number of methoxy groups -OCH3 is 1. The highest BCUT2D eigenvalue weighted by Gasteiger charge is 2.22. The first kappa shape index (κ1) is 19.8. The Bertz CT molecular complexity index is 1030. The molecule has 0 aliphatic carbocycles. The van der Waals surface area contributed by atoms with Crippen molar-refractivity contribution in [3.05, 3.63) is 29.1 Å². The number of anilines is 2. The van der Waals surface area contributed by atoms with Gasteiger partial charge in [0.15, 0.2) is 12.1 Å². The van der Waals surface area contributed by atoms with Crippen molar-refractivity contribution < 1.29 is 14.3 Å². The van der Waals surface area contributed by atoms with Crippen molar-refractivity contribution in [2.24, 2.45) is 0 Å². The van der Waals surface area contributed by atoms with Crippen LogP contribution in [0.3, 0.4) is 0 Å². The van der Waals surface area contributed by atoms with E-state index < -0.39 is 6.09 Å². The van der Waals surface area contributed by atoms with Gasteiger partial charge in [0.2, 0.25) is 0 Å². The highest BCUT2D eigenvalue weighted by atomic mass is 79.9. The number of halogens is 1. The third kappa shape index (κ3) is 4.11. The fraction of sp³-hybridized carbons (Fsp3) is 0.333. The molecule has 4 rings (SSSR count). The minimum absolute atomic E-state index is 0.0762. The van der Waals surface area contributed by atoms with E-state index in [1.807, 2.05) is 6.07 Å². The van der Waals surface area contributed by atoms with Crippen molar-refractivity contribution >= 4 is 44.9 Å². The molecule has 3 aromatic rings. The summed E-state index contributed by atoms with van der Waals surface area (Å²) in [6.07, 6.45) is 5.74. The molecular formula is C18H19BrN6O3S. The van der Waals surface area contributed by atoms with Gasteiger partial charge >= 0.3 is 6.09 Å². The SMILES string of the molecule is COC(=O)Nc1cc(-c2sc(-c3ncn(C4CCCCO4)n3)c(Br)c2N)ccn1. The Morgan fingerprint density at radius 1 is 1.41 bits per heavy atom. The third-order valence-corrected chi connectivity index (χ3v) is 6.82. The number of ether oxygens (including phenoxy) is 2. The molecule has 3 N–H and O–H groups in total. The number of carbonyl (C=O) groups is 1. The van der Waals surface area contributed by atoms with Crippen LogP contribution in [0.1, 0.15) is 25.5 Å². The Labute approximate surface area is 179 Å². The zero-order valence-corrected chi connectivity index (χ0v) is 18.0. The summed E-state index contributed by atoms with van der Waals surface area (Å²) in [5, 5.41) is 7.15. The summed E-state index contributed by atoms with van der Waals surface area (Å²) < 4.78 is 12.9. The van der Waals surface area contributed by atoms with Crippen LogP contribution in [0.15, 0.2) is 29.1 Å². The van der Waals surface area contributed by atoms with E-state index in [1.54, 1.807) is 23.3 Å². The molecule has 0 aromatic carbocycles. The molecule has 29 heavy (non-hydrogen) atoms. The van der Waals surface area contributed by atoms with Crippen LogP contribution in [0.25, 0.3) is 21.1 Å². The van der Waals surface area contributed by atoms with Gasteiger partial charge in [-0.1, -0.05) is 0 Å². The number of pyridine rings is 1. The Hall–Kier alpha value is -2.50. The lowest BCUT2D eigenvalue weighted by atomic mass is 10.2. The second-order valence-corrected chi connectivity index (χ2v) is 8.22. The van der Waals surface area contributed by atoms with Crippen molar-refractivity contribution in [1.29, 1.82) is 0 Å². The largest absolute Gasteiger partial charge is 0.453 e. The molecule has 1 atom stereocenters. The average molecular weight is 479 g/mol. The summed E-state index contributed by atoms with van der Waals surface area (Å²) in [5.41, 5.74) is 7.73. The first-order valence-corrected chi connectivity index (χ1v) is 10.6. The van der Waals surface area contributed by atoms with Crippen LogP contribution in [0, 0.1) is 0 Å². The predicted octanol–water partition coefficient (Wildman–Crippen LogP) is 4.29. The van der Waals surface area contributed by atoms with Crippen molar-refractivity contribution in [3.63, 3.8) is 0 Å². The molecule has 0 bridgehead atoms. The Kier molecular flexibility index (Phi) is 5.79. The second kappa shape index (κ2) is 8.47. The number of thiophene rings is 1. The van der Waals surface area contributed by atoms with Gasteiger partial charge in [-0.3, -0.25) is 5.32 Å². The van der Waals surface area contributed by atoms with E-state index >= 15 is 0 Å². The lowest BCUT2D eigenvalue weighted by Gasteiger charge is -2.21. The van der Waals surface area contributed by atoms with Crippen LogP contribution >= 0.6 is 27.3 Å². The molecule has 1 saturated heterocycles. The van der Waals surface area contributed by atoms with Crippen LogP contribution in [-0.2, 0) is 9.47 Å². The molecule has 1 amide bonds.